The summed E-state index contributed by atoms with van der Waals surface area (Å²) in [5, 5.41) is 12.7. The van der Waals surface area contributed by atoms with E-state index in [0.717, 1.165) is 16.7 Å². The molecule has 0 fully saturated rings. The Kier molecular flexibility index (Phi) is 6.39. The molecule has 4 rings (SSSR count). The van der Waals surface area contributed by atoms with Crippen LogP contribution in [0.4, 0.5) is 5.69 Å². The SMILES string of the molecule is Cc1ccc(-c2nn(Cc3ccccc3)cc2C(=O)Nc2ccc(CS(N)(=O)=O)cc2)cc1. The highest BCUT2D eigenvalue weighted by atomic mass is 32.2. The smallest absolute Gasteiger partial charge is 0.259 e. The van der Waals surface area contributed by atoms with Crippen molar-refractivity contribution < 1.29 is 13.2 Å². The van der Waals surface area contributed by atoms with E-state index in [4.69, 9.17) is 10.2 Å². The van der Waals surface area contributed by atoms with E-state index < -0.39 is 10.0 Å². The topological polar surface area (TPSA) is 107 Å². The predicted octanol–water partition coefficient (Wildman–Crippen LogP) is 3.95. The van der Waals surface area contributed by atoms with Crippen LogP contribution in [-0.2, 0) is 22.3 Å². The van der Waals surface area contributed by atoms with Crippen LogP contribution in [0.15, 0.2) is 85.1 Å². The van der Waals surface area contributed by atoms with Crippen molar-refractivity contribution in [1.82, 2.24) is 9.78 Å². The van der Waals surface area contributed by atoms with E-state index in [1.807, 2.05) is 61.5 Å². The van der Waals surface area contributed by atoms with Crippen LogP contribution < -0.4 is 10.5 Å². The summed E-state index contributed by atoms with van der Waals surface area (Å²) < 4.78 is 24.3. The van der Waals surface area contributed by atoms with Gasteiger partial charge in [-0.05, 0) is 30.2 Å². The number of carbonyl (C=O) groups excluding carboxylic acids is 1. The third kappa shape index (κ3) is 5.94. The van der Waals surface area contributed by atoms with Gasteiger partial charge in [-0.15, -0.1) is 0 Å². The van der Waals surface area contributed by atoms with Gasteiger partial charge in [0.2, 0.25) is 10.0 Å². The Morgan fingerprint density at radius 3 is 2.24 bits per heavy atom. The first-order chi connectivity index (χ1) is 15.8. The minimum atomic E-state index is -3.62. The second kappa shape index (κ2) is 9.40. The van der Waals surface area contributed by atoms with Gasteiger partial charge in [-0.1, -0.05) is 72.3 Å². The van der Waals surface area contributed by atoms with E-state index in [9.17, 15) is 13.2 Å². The number of hydrogen-bond acceptors (Lipinski definition) is 4. The second-order valence-corrected chi connectivity index (χ2v) is 9.51. The van der Waals surface area contributed by atoms with E-state index in [0.29, 0.717) is 29.1 Å². The normalized spacial score (nSPS) is 11.3. The molecule has 0 saturated carbocycles. The molecule has 0 atom stereocenters. The molecule has 1 amide bonds. The average molecular weight is 461 g/mol. The highest BCUT2D eigenvalue weighted by Crippen LogP contribution is 2.24. The zero-order chi connectivity index (χ0) is 23.4. The molecule has 33 heavy (non-hydrogen) atoms. The van der Waals surface area contributed by atoms with Gasteiger partial charge in [-0.2, -0.15) is 5.10 Å². The lowest BCUT2D eigenvalue weighted by molar-refractivity contribution is 0.102. The number of aryl methyl sites for hydroxylation is 1. The maximum absolute atomic E-state index is 13.2. The molecule has 0 saturated heterocycles. The Balaban J connectivity index is 1.61. The molecule has 7 nitrogen and oxygen atoms in total. The molecule has 0 aliphatic carbocycles. The van der Waals surface area contributed by atoms with Crippen molar-refractivity contribution in [3.63, 3.8) is 0 Å². The molecule has 0 aliphatic rings. The summed E-state index contributed by atoms with van der Waals surface area (Å²) in [5.74, 6) is -0.561. The maximum atomic E-state index is 13.2. The molecular formula is C25H24N4O3S. The zero-order valence-electron chi connectivity index (χ0n) is 18.1. The fourth-order valence-electron chi connectivity index (χ4n) is 3.48. The molecule has 1 aromatic heterocycles. The Bertz CT molecular complexity index is 1360. The number of anilines is 1. The largest absolute Gasteiger partial charge is 0.322 e. The summed E-state index contributed by atoms with van der Waals surface area (Å²) in [6.07, 6.45) is 1.74. The van der Waals surface area contributed by atoms with E-state index >= 15 is 0 Å². The molecule has 8 heteroatoms. The van der Waals surface area contributed by atoms with Gasteiger partial charge in [0.05, 0.1) is 17.9 Å². The third-order valence-corrected chi connectivity index (χ3v) is 5.83. The van der Waals surface area contributed by atoms with Gasteiger partial charge in [0.1, 0.15) is 5.69 Å². The predicted molar refractivity (Wildman–Crippen MR) is 129 cm³/mol. The molecule has 0 unspecified atom stereocenters. The van der Waals surface area contributed by atoms with Crippen LogP contribution in [0.25, 0.3) is 11.3 Å². The molecule has 0 radical (unpaired) electrons. The number of nitrogens with zero attached hydrogens (tertiary/aromatic N) is 2. The number of amides is 1. The maximum Gasteiger partial charge on any atom is 0.259 e. The van der Waals surface area contributed by atoms with Crippen LogP contribution >= 0.6 is 0 Å². The van der Waals surface area contributed by atoms with E-state index in [2.05, 4.69) is 5.32 Å². The van der Waals surface area contributed by atoms with Crippen molar-refractivity contribution in [2.75, 3.05) is 5.32 Å². The molecule has 1 heterocycles. The summed E-state index contributed by atoms with van der Waals surface area (Å²) in [4.78, 5) is 13.2. The van der Waals surface area contributed by atoms with Crippen molar-refractivity contribution in [2.24, 2.45) is 5.14 Å². The fraction of sp³-hybridized carbons (Fsp3) is 0.120. The van der Waals surface area contributed by atoms with Crippen molar-refractivity contribution in [3.05, 3.63) is 107 Å². The van der Waals surface area contributed by atoms with Crippen LogP contribution in [-0.4, -0.2) is 24.1 Å². The van der Waals surface area contributed by atoms with Gasteiger partial charge in [0.25, 0.3) is 5.91 Å². The highest BCUT2D eigenvalue weighted by molar-refractivity contribution is 7.88. The lowest BCUT2D eigenvalue weighted by Gasteiger charge is -2.07. The van der Waals surface area contributed by atoms with Crippen molar-refractivity contribution in [3.8, 4) is 11.3 Å². The number of aromatic nitrogens is 2. The van der Waals surface area contributed by atoms with Crippen LogP contribution in [0.2, 0.25) is 0 Å². The van der Waals surface area contributed by atoms with Gasteiger partial charge >= 0.3 is 0 Å². The van der Waals surface area contributed by atoms with Gasteiger partial charge in [0.15, 0.2) is 0 Å². The number of benzene rings is 3. The van der Waals surface area contributed by atoms with E-state index in [1.165, 1.54) is 0 Å². The van der Waals surface area contributed by atoms with Crippen molar-refractivity contribution >= 4 is 21.6 Å². The molecule has 0 aliphatic heterocycles. The van der Waals surface area contributed by atoms with Crippen LogP contribution in [0.5, 0.6) is 0 Å². The monoisotopic (exact) mass is 460 g/mol. The standard InChI is InChI=1S/C25H24N4O3S/c1-18-7-11-21(12-8-18)24-23(16-29(28-24)15-19-5-3-2-4-6-19)25(30)27-22-13-9-20(10-14-22)17-33(26,31)32/h2-14,16H,15,17H2,1H3,(H,27,30)(H2,26,31,32). The minimum absolute atomic E-state index is 0.259. The van der Waals surface area contributed by atoms with Gasteiger partial charge < -0.3 is 5.32 Å². The van der Waals surface area contributed by atoms with Gasteiger partial charge in [0, 0.05) is 17.4 Å². The van der Waals surface area contributed by atoms with Crippen LogP contribution in [0.3, 0.4) is 0 Å². The number of nitrogens with two attached hydrogens (primary N) is 1. The summed E-state index contributed by atoms with van der Waals surface area (Å²) in [7, 11) is -3.62. The lowest BCUT2D eigenvalue weighted by Crippen LogP contribution is -2.15. The molecule has 4 aromatic rings. The zero-order valence-corrected chi connectivity index (χ0v) is 18.9. The van der Waals surface area contributed by atoms with E-state index in [-0.39, 0.29) is 11.7 Å². The van der Waals surface area contributed by atoms with Crippen molar-refractivity contribution in [2.45, 2.75) is 19.2 Å². The third-order valence-electron chi connectivity index (χ3n) is 5.10. The number of nitrogens with one attached hydrogen (secondary N) is 1. The van der Waals surface area contributed by atoms with E-state index in [1.54, 1.807) is 35.1 Å². The molecule has 0 spiro atoms. The quantitative estimate of drug-likeness (QED) is 0.435. The Labute approximate surface area is 192 Å². The molecule has 0 bridgehead atoms. The van der Waals surface area contributed by atoms with Crippen LogP contribution in [0.1, 0.15) is 27.0 Å². The van der Waals surface area contributed by atoms with Gasteiger partial charge in [-0.3, -0.25) is 9.48 Å². The number of hydrogen-bond donors (Lipinski definition) is 2. The van der Waals surface area contributed by atoms with Crippen LogP contribution in [0, 0.1) is 6.92 Å². The Hall–Kier alpha value is -3.75. The molecule has 3 aromatic carbocycles. The fourth-order valence-corrected chi connectivity index (χ4v) is 4.14. The average Bonchev–Trinajstić information content (AvgIpc) is 3.19. The number of rotatable bonds is 7. The second-order valence-electron chi connectivity index (χ2n) is 7.90. The number of carbonyl (C=O) groups is 1. The molecular weight excluding hydrogens is 436 g/mol. The lowest BCUT2D eigenvalue weighted by atomic mass is 10.1. The van der Waals surface area contributed by atoms with Gasteiger partial charge in [-0.25, -0.2) is 13.6 Å². The van der Waals surface area contributed by atoms with Crippen molar-refractivity contribution in [1.29, 1.82) is 0 Å². The summed E-state index contributed by atoms with van der Waals surface area (Å²) in [6, 6.07) is 24.3. The highest BCUT2D eigenvalue weighted by Gasteiger charge is 2.18. The first-order valence-electron chi connectivity index (χ1n) is 10.4. The first-order valence-corrected chi connectivity index (χ1v) is 12.1. The Morgan fingerprint density at radius 1 is 0.939 bits per heavy atom. The number of sulfonamides is 1. The summed E-state index contributed by atoms with van der Waals surface area (Å²) in [5.41, 5.74) is 5.18. The first kappa shape index (κ1) is 22.4. The minimum Gasteiger partial charge on any atom is -0.322 e. The summed E-state index contributed by atoms with van der Waals surface area (Å²) >= 11 is 0. The molecule has 3 N–H and O–H groups in total. The Morgan fingerprint density at radius 2 is 1.61 bits per heavy atom. The molecule has 168 valence electrons. The summed E-state index contributed by atoms with van der Waals surface area (Å²) in [6.45, 7) is 2.54. The number of primary sulfonamides is 1.